The molecular formula is C24H33ClN2O2. The summed E-state index contributed by atoms with van der Waals surface area (Å²) in [6.45, 7) is 9.83. The summed E-state index contributed by atoms with van der Waals surface area (Å²) in [4.78, 5) is 4.50. The maximum atomic E-state index is 11.6. The van der Waals surface area contributed by atoms with Crippen LogP contribution >= 0.6 is 0 Å². The Morgan fingerprint density at radius 2 is 2.21 bits per heavy atom. The van der Waals surface area contributed by atoms with Gasteiger partial charge in [-0.2, -0.15) is 0 Å². The maximum absolute atomic E-state index is 11.6. The Bertz CT molecular complexity index is 858. The average Bonchev–Trinajstić information content (AvgIpc) is 2.76. The summed E-state index contributed by atoms with van der Waals surface area (Å²) >= 11 is 0. The van der Waals surface area contributed by atoms with Gasteiger partial charge in [0.05, 0.1) is 32.3 Å². The first-order chi connectivity index (χ1) is 13.6. The molecule has 29 heavy (non-hydrogen) atoms. The van der Waals surface area contributed by atoms with Crippen molar-refractivity contribution < 1.29 is 26.7 Å². The number of hydrogen-bond donors (Lipinski definition) is 1. The van der Waals surface area contributed by atoms with Gasteiger partial charge in [0.15, 0.2) is 0 Å². The van der Waals surface area contributed by atoms with E-state index in [1.165, 1.54) is 25.8 Å². The number of nitrogens with zero attached hydrogens (tertiary/aromatic N) is 2. The Balaban J connectivity index is 0.00000240. The van der Waals surface area contributed by atoms with Gasteiger partial charge < -0.3 is 26.7 Å². The molecule has 2 bridgehead atoms. The number of fused-ring (bicyclic) bond motifs is 4. The van der Waals surface area contributed by atoms with Crippen LogP contribution in [0.1, 0.15) is 44.3 Å². The molecule has 3 aliphatic rings. The van der Waals surface area contributed by atoms with Gasteiger partial charge in [-0.3, -0.25) is 4.98 Å². The van der Waals surface area contributed by atoms with E-state index in [0.717, 1.165) is 46.2 Å². The van der Waals surface area contributed by atoms with Crippen LogP contribution in [0.2, 0.25) is 0 Å². The van der Waals surface area contributed by atoms with Gasteiger partial charge in [0.2, 0.25) is 0 Å². The van der Waals surface area contributed by atoms with Crippen molar-refractivity contribution in [1.82, 2.24) is 4.98 Å². The number of aliphatic hydroxyl groups is 1. The first kappa shape index (κ1) is 22.1. The Kier molecular flexibility index (Phi) is 6.87. The van der Waals surface area contributed by atoms with E-state index >= 15 is 0 Å². The van der Waals surface area contributed by atoms with Crippen LogP contribution in [-0.2, 0) is 0 Å². The van der Waals surface area contributed by atoms with Gasteiger partial charge in [-0.1, -0.05) is 19.4 Å². The molecule has 2 aromatic rings. The zero-order chi connectivity index (χ0) is 19.7. The highest BCUT2D eigenvalue weighted by atomic mass is 35.5. The molecule has 0 saturated carbocycles. The fourth-order valence-electron chi connectivity index (χ4n) is 5.70. The minimum atomic E-state index is -0.483. The molecule has 1 aromatic carbocycles. The normalized spacial score (nSPS) is 29.3. The second kappa shape index (κ2) is 9.03. The molecule has 3 fully saturated rings. The Labute approximate surface area is 180 Å². The quantitative estimate of drug-likeness (QED) is 0.549. The zero-order valence-electron chi connectivity index (χ0n) is 17.6. The minimum absolute atomic E-state index is 0. The summed E-state index contributed by atoms with van der Waals surface area (Å²) in [5, 5.41) is 12.6. The molecule has 0 radical (unpaired) electrons. The van der Waals surface area contributed by atoms with E-state index in [4.69, 9.17) is 4.74 Å². The molecular weight excluding hydrogens is 384 g/mol. The van der Waals surface area contributed by atoms with Crippen LogP contribution in [0.25, 0.3) is 10.9 Å². The molecule has 4 nitrogen and oxygen atoms in total. The van der Waals surface area contributed by atoms with Crippen LogP contribution in [0.4, 0.5) is 0 Å². The SMILES string of the molecule is C=CC1C[N+]2(CCCC)CCC1CC2C(O)c1ccnc2ccc(OC)cc12.[Cl-]. The number of quaternary nitrogens is 1. The number of rotatable bonds is 7. The average molecular weight is 417 g/mol. The van der Waals surface area contributed by atoms with Crippen molar-refractivity contribution in [1.29, 1.82) is 0 Å². The third-order valence-corrected chi connectivity index (χ3v) is 7.30. The topological polar surface area (TPSA) is 42.4 Å². The van der Waals surface area contributed by atoms with Crippen LogP contribution in [0.15, 0.2) is 43.1 Å². The number of unbranched alkanes of at least 4 members (excludes halogenated alkanes) is 1. The predicted octanol–water partition coefficient (Wildman–Crippen LogP) is 1.49. The Morgan fingerprint density at radius 3 is 2.93 bits per heavy atom. The van der Waals surface area contributed by atoms with E-state index in [-0.39, 0.29) is 18.4 Å². The van der Waals surface area contributed by atoms with E-state index in [9.17, 15) is 5.11 Å². The number of benzene rings is 1. The highest BCUT2D eigenvalue weighted by Gasteiger charge is 2.53. The lowest BCUT2D eigenvalue weighted by atomic mass is 9.71. The van der Waals surface area contributed by atoms with Crippen molar-refractivity contribution in [2.75, 3.05) is 26.7 Å². The highest BCUT2D eigenvalue weighted by molar-refractivity contribution is 5.83. The van der Waals surface area contributed by atoms with Crippen molar-refractivity contribution in [3.05, 3.63) is 48.7 Å². The number of halogens is 1. The second-order valence-electron chi connectivity index (χ2n) is 8.68. The molecule has 0 spiro atoms. The first-order valence-corrected chi connectivity index (χ1v) is 10.7. The fraction of sp³-hybridized carbons (Fsp3) is 0.542. The van der Waals surface area contributed by atoms with Crippen molar-refractivity contribution in [3.63, 3.8) is 0 Å². The molecule has 5 atom stereocenters. The van der Waals surface area contributed by atoms with Gasteiger partial charge in [0.25, 0.3) is 0 Å². The molecule has 158 valence electrons. The van der Waals surface area contributed by atoms with Crippen LogP contribution < -0.4 is 17.1 Å². The molecule has 3 aliphatic heterocycles. The van der Waals surface area contributed by atoms with Crippen molar-refractivity contribution >= 4 is 10.9 Å². The standard InChI is InChI=1S/C24H33N2O2.ClH/c1-4-6-12-26-13-10-18(17(5-2)16-26)14-23(26)24(27)20-9-11-25-22-8-7-19(28-3)15-21(20)22;/h5,7-9,11,15,17-18,23-24,27H,2,4,6,10,12-14,16H2,1,3H3;1H/q+1;/p-1. The van der Waals surface area contributed by atoms with Gasteiger partial charge >= 0.3 is 0 Å². The molecule has 3 saturated heterocycles. The van der Waals surface area contributed by atoms with Gasteiger partial charge in [0.1, 0.15) is 17.9 Å². The molecule has 1 N–H and O–H groups in total. The number of methoxy groups -OCH3 is 1. The number of hydrogen-bond acceptors (Lipinski definition) is 3. The van der Waals surface area contributed by atoms with Gasteiger partial charge in [-0.25, -0.2) is 0 Å². The fourth-order valence-corrected chi connectivity index (χ4v) is 5.70. The lowest BCUT2D eigenvalue weighted by molar-refractivity contribution is -0.973. The Morgan fingerprint density at radius 1 is 1.38 bits per heavy atom. The molecule has 0 aliphatic carbocycles. The third-order valence-electron chi connectivity index (χ3n) is 7.30. The van der Waals surface area contributed by atoms with Gasteiger partial charge in [-0.15, -0.1) is 6.58 Å². The van der Waals surface area contributed by atoms with Crippen LogP contribution in [0.3, 0.4) is 0 Å². The molecule has 0 amide bonds. The summed E-state index contributed by atoms with van der Waals surface area (Å²) in [6, 6.07) is 8.17. The lowest BCUT2D eigenvalue weighted by Crippen LogP contribution is -3.00. The molecule has 4 heterocycles. The summed E-state index contributed by atoms with van der Waals surface area (Å²) < 4.78 is 6.47. The van der Waals surface area contributed by atoms with E-state index < -0.39 is 6.10 Å². The van der Waals surface area contributed by atoms with Crippen molar-refractivity contribution in [2.24, 2.45) is 11.8 Å². The summed E-state index contributed by atoms with van der Waals surface area (Å²) in [6.07, 6.45) is 8.25. The first-order valence-electron chi connectivity index (χ1n) is 10.7. The van der Waals surface area contributed by atoms with E-state index in [0.29, 0.717) is 11.8 Å². The molecule has 5 unspecified atom stereocenters. The van der Waals surface area contributed by atoms with Crippen LogP contribution in [0, 0.1) is 11.8 Å². The van der Waals surface area contributed by atoms with Crippen molar-refractivity contribution in [3.8, 4) is 5.75 Å². The number of aromatic nitrogens is 1. The van der Waals surface area contributed by atoms with Crippen molar-refractivity contribution in [2.45, 2.75) is 44.8 Å². The number of ether oxygens (including phenoxy) is 1. The van der Waals surface area contributed by atoms with E-state index in [1.807, 2.05) is 30.5 Å². The van der Waals surface area contributed by atoms with Gasteiger partial charge in [0, 0.05) is 30.3 Å². The van der Waals surface area contributed by atoms with Gasteiger partial charge in [-0.05, 0) is 42.2 Å². The number of piperidine rings is 3. The monoisotopic (exact) mass is 416 g/mol. The largest absolute Gasteiger partial charge is 1.00 e. The number of aliphatic hydroxyl groups excluding tert-OH is 1. The van der Waals surface area contributed by atoms with E-state index in [1.54, 1.807) is 7.11 Å². The van der Waals surface area contributed by atoms with E-state index in [2.05, 4.69) is 24.6 Å². The third kappa shape index (κ3) is 3.90. The minimum Gasteiger partial charge on any atom is -1.00 e. The number of pyridine rings is 1. The molecule has 5 heteroatoms. The summed E-state index contributed by atoms with van der Waals surface area (Å²) in [5.74, 6) is 2.05. The summed E-state index contributed by atoms with van der Waals surface area (Å²) in [5.41, 5.74) is 1.91. The second-order valence-corrected chi connectivity index (χ2v) is 8.68. The van der Waals surface area contributed by atoms with Crippen LogP contribution in [0.5, 0.6) is 5.75 Å². The maximum Gasteiger partial charge on any atom is 0.131 e. The summed E-state index contributed by atoms with van der Waals surface area (Å²) in [7, 11) is 1.68. The predicted molar refractivity (Wildman–Crippen MR) is 113 cm³/mol. The lowest BCUT2D eigenvalue weighted by Gasteiger charge is -2.58. The molecule has 1 aromatic heterocycles. The highest BCUT2D eigenvalue weighted by Crippen LogP contribution is 2.47. The molecule has 5 rings (SSSR count). The smallest absolute Gasteiger partial charge is 0.131 e. The Hall–Kier alpha value is -1.62. The zero-order valence-corrected chi connectivity index (χ0v) is 18.3. The van der Waals surface area contributed by atoms with Crippen LogP contribution in [-0.4, -0.2) is 47.4 Å².